The molecule has 8 aromatic carbocycles. The Bertz CT molecular complexity index is 4790. The van der Waals surface area contributed by atoms with Gasteiger partial charge in [-0.05, 0) is 257 Å². The second-order valence-corrected chi connectivity index (χ2v) is 32.4. The number of carbonyl (C=O) groups is 6. The summed E-state index contributed by atoms with van der Waals surface area (Å²) >= 11 is 31.2. The molecule has 9 rings (SSSR count). The summed E-state index contributed by atoms with van der Waals surface area (Å²) in [7, 11) is 0. The first kappa shape index (κ1) is 104. The Hall–Kier alpha value is -10.4. The number of halogens is 5. The van der Waals surface area contributed by atoms with Gasteiger partial charge in [0.2, 0.25) is 0 Å². The van der Waals surface area contributed by atoms with Crippen LogP contribution in [0.4, 0.5) is 0 Å². The maximum Gasteiger partial charge on any atom is 0.339 e. The smallest absolute Gasteiger partial charge is 0.339 e. The molecule has 0 aliphatic rings. The van der Waals surface area contributed by atoms with E-state index in [1.54, 1.807) is 48.8 Å². The summed E-state index contributed by atoms with van der Waals surface area (Å²) < 4.78 is 33.3. The summed E-state index contributed by atoms with van der Waals surface area (Å²) in [5.41, 5.74) is 22.4. The number of hydrogen-bond acceptors (Lipinski definition) is 13. The highest BCUT2D eigenvalue weighted by Gasteiger charge is 2.28. The van der Waals surface area contributed by atoms with Crippen LogP contribution in [0.25, 0.3) is 0 Å². The highest BCUT2D eigenvalue weighted by molar-refractivity contribution is 6.34. The summed E-state index contributed by atoms with van der Waals surface area (Å²) in [6.45, 7) is 62.0. The van der Waals surface area contributed by atoms with Crippen LogP contribution in [0.2, 0.25) is 25.1 Å². The molecule has 18 heteroatoms. The van der Waals surface area contributed by atoms with Crippen LogP contribution < -0.4 is 0 Å². The Morgan fingerprint density at radius 3 is 0.730 bits per heavy atom. The first-order chi connectivity index (χ1) is 57.6. The molecular formula is C104H120Cl5NO12. The fourth-order valence-corrected chi connectivity index (χ4v) is 14.9. The van der Waals surface area contributed by atoms with Gasteiger partial charge < -0.3 is 28.4 Å². The highest BCUT2D eigenvalue weighted by Crippen LogP contribution is 2.36. The van der Waals surface area contributed by atoms with Gasteiger partial charge in [0.15, 0.2) is 0 Å². The number of rotatable bonds is 27. The van der Waals surface area contributed by atoms with Crippen LogP contribution in [0, 0.1) is 125 Å². The minimum Gasteiger partial charge on any atom is -0.459 e. The number of ether oxygens (including phenoxy) is 6. The van der Waals surface area contributed by atoms with E-state index in [-0.39, 0.29) is 66.3 Å². The van der Waals surface area contributed by atoms with E-state index in [4.69, 9.17) is 86.4 Å². The fraction of sp³-hybridized carbons (Fsp3) is 0.317. The second kappa shape index (κ2) is 50.9. The van der Waals surface area contributed by atoms with Crippen LogP contribution in [0.3, 0.4) is 0 Å². The molecule has 0 unspecified atom stereocenters. The van der Waals surface area contributed by atoms with Gasteiger partial charge in [-0.3, -0.25) is 4.98 Å². The lowest BCUT2D eigenvalue weighted by Crippen LogP contribution is -2.16. The number of pyridine rings is 1. The molecule has 6 atom stereocenters. The van der Waals surface area contributed by atoms with Gasteiger partial charge in [0.25, 0.3) is 0 Å². The average molecular weight is 1750 g/mol. The van der Waals surface area contributed by atoms with Crippen LogP contribution in [-0.4, -0.2) is 59.1 Å². The Kier molecular flexibility index (Phi) is 43.4. The Balaban J connectivity index is 0.000000309. The number of aromatic nitrogens is 1. The Morgan fingerprint density at radius 1 is 0.287 bits per heavy atom. The molecule has 0 bridgehead atoms. The van der Waals surface area contributed by atoms with Crippen LogP contribution in [-0.2, 0) is 28.4 Å². The molecule has 0 saturated carbocycles. The number of benzene rings is 8. The van der Waals surface area contributed by atoms with Crippen molar-refractivity contribution in [3.05, 3.63) is 379 Å². The molecule has 648 valence electrons. The summed E-state index contributed by atoms with van der Waals surface area (Å²) in [4.78, 5) is 78.4. The number of hydrogen-bond donors (Lipinski definition) is 0. The van der Waals surface area contributed by atoms with Crippen molar-refractivity contribution < 1.29 is 57.2 Å². The topological polar surface area (TPSA) is 171 Å². The molecule has 0 fully saturated rings. The number of aryl methyl sites for hydroxylation is 13. The summed E-state index contributed by atoms with van der Waals surface area (Å²) in [6.07, 6.45) is 15.9. The van der Waals surface area contributed by atoms with Gasteiger partial charge in [0.05, 0.1) is 33.4 Å². The van der Waals surface area contributed by atoms with Crippen molar-refractivity contribution in [2.45, 2.75) is 221 Å². The summed E-state index contributed by atoms with van der Waals surface area (Å²) in [6, 6.07) is 36.6. The monoisotopic (exact) mass is 1750 g/mol. The molecule has 0 aliphatic heterocycles. The van der Waals surface area contributed by atoms with Gasteiger partial charge in [0.1, 0.15) is 36.6 Å². The molecule has 0 N–H and O–H groups in total. The van der Waals surface area contributed by atoms with Crippen LogP contribution in [0.5, 0.6) is 0 Å². The molecule has 1 heterocycles. The van der Waals surface area contributed by atoms with Crippen molar-refractivity contribution in [3.8, 4) is 0 Å². The number of esters is 6. The predicted octanol–water partition coefficient (Wildman–Crippen LogP) is 29.1. The van der Waals surface area contributed by atoms with E-state index >= 15 is 0 Å². The van der Waals surface area contributed by atoms with Gasteiger partial charge in [-0.15, -0.1) is 39.5 Å². The average Bonchev–Trinajstić information content (AvgIpc) is 0.815. The SMILES string of the molecule is C=CC[C@@H](C)OC(=O)c1c(C)cc(C)c(Cl)c1C.C=CC[C@@H](OC(=O)c1c(C)cc(C)c(Cl)c1C)c1ccccc1.C=CC[C@@H](OC(=O)c1c(C)cc(C)c(Cl)c1C)c1cccnc1.C=CC[C@H](C)OC(=O)c1c(C)cc(C)c(Cl)c1C.C=CC[C@H](C)OC(=O)c1c(C)cc(C)cc1C.C=CC[C@H](OC(=O)c1c(C)cc(C)c(Cl)c1C)c1ccccc1. The van der Waals surface area contributed by atoms with Crippen molar-refractivity contribution in [1.82, 2.24) is 4.98 Å². The van der Waals surface area contributed by atoms with Gasteiger partial charge >= 0.3 is 35.8 Å². The van der Waals surface area contributed by atoms with Gasteiger partial charge in [0, 0.05) is 81.6 Å². The van der Waals surface area contributed by atoms with E-state index in [1.165, 1.54) is 0 Å². The number of carbonyl (C=O) groups excluding carboxylic acids is 6. The lowest BCUT2D eigenvalue weighted by molar-refractivity contribution is 0.0292. The second-order valence-electron chi connectivity index (χ2n) is 30.5. The zero-order valence-corrected chi connectivity index (χ0v) is 78.6. The minimum atomic E-state index is -0.410. The quantitative estimate of drug-likeness (QED) is 0.0271. The zero-order chi connectivity index (χ0) is 91.7. The third-order valence-corrected chi connectivity index (χ3v) is 22.9. The van der Waals surface area contributed by atoms with Crippen LogP contribution in [0.15, 0.2) is 204 Å². The van der Waals surface area contributed by atoms with E-state index in [0.717, 1.165) is 117 Å². The first-order valence-corrected chi connectivity index (χ1v) is 42.3. The maximum absolute atomic E-state index is 12.7. The molecule has 122 heavy (non-hydrogen) atoms. The molecule has 0 radical (unpaired) electrons. The van der Waals surface area contributed by atoms with E-state index in [9.17, 15) is 28.8 Å². The van der Waals surface area contributed by atoms with Crippen LogP contribution in [0.1, 0.15) is 257 Å². The van der Waals surface area contributed by atoms with E-state index in [0.29, 0.717) is 97.0 Å². The normalized spacial score (nSPS) is 11.9. The molecule has 0 aliphatic carbocycles. The minimum absolute atomic E-state index is 0.125. The van der Waals surface area contributed by atoms with Crippen molar-refractivity contribution in [2.24, 2.45) is 0 Å². The third-order valence-electron chi connectivity index (χ3n) is 20.0. The van der Waals surface area contributed by atoms with E-state index in [2.05, 4.69) is 44.5 Å². The predicted molar refractivity (Wildman–Crippen MR) is 504 cm³/mol. The lowest BCUT2D eigenvalue weighted by atomic mass is 9.99. The van der Waals surface area contributed by atoms with Crippen molar-refractivity contribution in [1.29, 1.82) is 0 Å². The van der Waals surface area contributed by atoms with Gasteiger partial charge in [-0.1, -0.05) is 209 Å². The molecule has 9 aromatic rings. The maximum atomic E-state index is 12.7. The summed E-state index contributed by atoms with van der Waals surface area (Å²) in [5.74, 6) is -1.95. The molecule has 0 spiro atoms. The Morgan fingerprint density at radius 2 is 0.500 bits per heavy atom. The molecule has 0 saturated heterocycles. The largest absolute Gasteiger partial charge is 0.459 e. The first-order valence-electron chi connectivity index (χ1n) is 40.4. The number of nitrogens with zero attached hydrogens (tertiary/aromatic N) is 1. The summed E-state index contributed by atoms with van der Waals surface area (Å²) in [5, 5.41) is 3.09. The van der Waals surface area contributed by atoms with Crippen molar-refractivity contribution >= 4 is 93.8 Å². The molecule has 1 aromatic heterocycles. The van der Waals surface area contributed by atoms with Gasteiger partial charge in [-0.2, -0.15) is 0 Å². The van der Waals surface area contributed by atoms with Crippen molar-refractivity contribution in [2.75, 3.05) is 0 Å². The molecular weight excluding hydrogens is 1630 g/mol. The Labute approximate surface area is 750 Å². The molecule has 13 nitrogen and oxygen atoms in total. The highest BCUT2D eigenvalue weighted by atomic mass is 35.5. The van der Waals surface area contributed by atoms with Crippen molar-refractivity contribution in [3.63, 3.8) is 0 Å². The van der Waals surface area contributed by atoms with E-state index < -0.39 is 6.10 Å². The lowest BCUT2D eigenvalue weighted by Gasteiger charge is -2.19. The molecule has 0 amide bonds. The fourth-order valence-electron chi connectivity index (χ4n) is 14.1. The standard InChI is InChI=1S/2C20H21ClO2.C19H20ClNO2.2C15H19ClO2.C15H20O2/c2*1-5-9-17(16-10-7-6-8-11-16)23-20(22)18-13(2)12-14(3)19(21)15(18)4;1-5-7-16(15-8-6-9-21-11-15)23-19(22)17-12(2)10-13(3)18(20)14(17)4;2*1-6-7-11(4)18-15(17)13-9(2)8-10(3)14(16)12(13)5;1-6-7-13(5)17-15(16)14-11(3)8-10(2)9-12(14)4/h2*5-8,10-12,17H,1,9H2,2-4H3;5-6,8-11,16H,1,7H2,2-4H3;2*6,8,11H,1,7H2,2-5H3;6,8-9,13H,1,7H2,2-5H3/t2*17-;16-;2*11-;13-/m101100/s1. The zero-order valence-electron chi connectivity index (χ0n) is 74.8. The third kappa shape index (κ3) is 30.0. The van der Waals surface area contributed by atoms with Gasteiger partial charge in [-0.25, -0.2) is 28.8 Å². The van der Waals surface area contributed by atoms with Crippen LogP contribution >= 0.6 is 58.0 Å². The van der Waals surface area contributed by atoms with E-state index in [1.807, 2.05) is 261 Å².